The number of sulfonamides is 1. The Morgan fingerprint density at radius 1 is 1.50 bits per heavy atom. The predicted octanol–water partition coefficient (Wildman–Crippen LogP) is 0.967. The second kappa shape index (κ2) is 6.99. The van der Waals surface area contributed by atoms with E-state index in [1.54, 1.807) is 19.1 Å². The Hall–Kier alpha value is -1.58. The van der Waals surface area contributed by atoms with Crippen LogP contribution in [0.25, 0.3) is 0 Å². The molecule has 1 aromatic heterocycles. The Morgan fingerprint density at radius 2 is 2.28 bits per heavy atom. The monoisotopic (exact) mass is 268 g/mol. The van der Waals surface area contributed by atoms with Gasteiger partial charge in [-0.3, -0.25) is 4.72 Å². The lowest BCUT2D eigenvalue weighted by molar-refractivity contribution is 0.305. The lowest BCUT2D eigenvalue weighted by Gasteiger charge is -2.05. The van der Waals surface area contributed by atoms with Crippen molar-refractivity contribution < 1.29 is 13.5 Å². The Bertz CT molecular complexity index is 544. The van der Waals surface area contributed by atoms with Gasteiger partial charge >= 0.3 is 0 Å². The summed E-state index contributed by atoms with van der Waals surface area (Å²) in [6.07, 6.45) is 2.43. The number of hydrogen-bond acceptors (Lipinski definition) is 4. The lowest BCUT2D eigenvalue weighted by Crippen LogP contribution is -2.16. The van der Waals surface area contributed by atoms with Gasteiger partial charge in [-0.2, -0.15) is 0 Å². The van der Waals surface area contributed by atoms with Crippen LogP contribution in [-0.2, 0) is 10.0 Å². The van der Waals surface area contributed by atoms with Crippen LogP contribution in [0.1, 0.15) is 25.3 Å². The third kappa shape index (κ3) is 5.17. The zero-order valence-electron chi connectivity index (χ0n) is 10.2. The van der Waals surface area contributed by atoms with E-state index in [1.165, 1.54) is 6.20 Å². The second-order valence-electron chi connectivity index (χ2n) is 3.63. The molecule has 6 heteroatoms. The number of hydrogen-bond donors (Lipinski definition) is 2. The van der Waals surface area contributed by atoms with Gasteiger partial charge in [0.15, 0.2) is 0 Å². The number of rotatable bonds is 5. The van der Waals surface area contributed by atoms with Crippen LogP contribution in [0.5, 0.6) is 0 Å². The molecule has 0 aliphatic heterocycles. The molecule has 1 heterocycles. The molecule has 0 saturated heterocycles. The van der Waals surface area contributed by atoms with Crippen LogP contribution in [0, 0.1) is 11.8 Å². The van der Waals surface area contributed by atoms with Gasteiger partial charge in [0.1, 0.15) is 5.82 Å². The smallest absolute Gasteiger partial charge is 0.233 e. The maximum Gasteiger partial charge on any atom is 0.233 e. The molecule has 1 aromatic rings. The van der Waals surface area contributed by atoms with Gasteiger partial charge < -0.3 is 5.11 Å². The topological polar surface area (TPSA) is 79.3 Å². The quantitative estimate of drug-likeness (QED) is 0.780. The van der Waals surface area contributed by atoms with Crippen molar-refractivity contribution in [2.45, 2.75) is 19.8 Å². The minimum Gasteiger partial charge on any atom is -0.395 e. The zero-order chi connectivity index (χ0) is 13.4. The van der Waals surface area contributed by atoms with E-state index in [2.05, 4.69) is 21.5 Å². The normalized spacial score (nSPS) is 10.6. The Morgan fingerprint density at radius 3 is 2.94 bits per heavy atom. The number of pyridine rings is 1. The van der Waals surface area contributed by atoms with Crippen molar-refractivity contribution in [2.24, 2.45) is 0 Å². The van der Waals surface area contributed by atoms with E-state index in [1.807, 2.05) is 0 Å². The zero-order valence-corrected chi connectivity index (χ0v) is 11.0. The van der Waals surface area contributed by atoms with Crippen LogP contribution >= 0.6 is 0 Å². The summed E-state index contributed by atoms with van der Waals surface area (Å²) in [6, 6.07) is 3.25. The maximum atomic E-state index is 11.6. The van der Waals surface area contributed by atoms with Crippen molar-refractivity contribution in [1.82, 2.24) is 4.98 Å². The summed E-state index contributed by atoms with van der Waals surface area (Å²) in [7, 11) is -3.33. The Kier molecular flexibility index (Phi) is 5.62. The predicted molar refractivity (Wildman–Crippen MR) is 70.5 cm³/mol. The summed E-state index contributed by atoms with van der Waals surface area (Å²) in [6.45, 7) is 1.80. The van der Waals surface area contributed by atoms with Crippen LogP contribution in [0.3, 0.4) is 0 Å². The molecule has 0 aromatic carbocycles. The van der Waals surface area contributed by atoms with E-state index in [0.717, 1.165) is 0 Å². The summed E-state index contributed by atoms with van der Waals surface area (Å²) < 4.78 is 25.5. The SMILES string of the molecule is CCCS(=O)(=O)Nc1cc(C#CCCO)ccn1. The first-order valence-corrected chi connectivity index (χ1v) is 7.29. The molecule has 0 atom stereocenters. The molecule has 0 spiro atoms. The molecule has 0 unspecified atom stereocenters. The van der Waals surface area contributed by atoms with Crippen molar-refractivity contribution in [3.63, 3.8) is 0 Å². The maximum absolute atomic E-state index is 11.6. The van der Waals surface area contributed by atoms with Crippen LogP contribution in [0.4, 0.5) is 5.82 Å². The van der Waals surface area contributed by atoms with Crippen molar-refractivity contribution in [1.29, 1.82) is 0 Å². The summed E-state index contributed by atoms with van der Waals surface area (Å²) in [5.41, 5.74) is 0.660. The Labute approximate surface area is 107 Å². The molecule has 5 nitrogen and oxygen atoms in total. The first-order valence-electron chi connectivity index (χ1n) is 5.63. The molecule has 0 amide bonds. The number of aromatic nitrogens is 1. The van der Waals surface area contributed by atoms with Gasteiger partial charge in [0, 0.05) is 18.2 Å². The number of anilines is 1. The number of aliphatic hydroxyl groups excluding tert-OH is 1. The van der Waals surface area contributed by atoms with Crippen molar-refractivity contribution >= 4 is 15.8 Å². The van der Waals surface area contributed by atoms with Gasteiger partial charge in [0.05, 0.1) is 12.4 Å². The minimum atomic E-state index is -3.33. The fourth-order valence-electron chi connectivity index (χ4n) is 1.26. The highest BCUT2D eigenvalue weighted by atomic mass is 32.2. The molecule has 0 aliphatic carbocycles. The van der Waals surface area contributed by atoms with E-state index < -0.39 is 10.0 Å². The highest BCUT2D eigenvalue weighted by molar-refractivity contribution is 7.92. The molecular formula is C12H16N2O3S. The lowest BCUT2D eigenvalue weighted by atomic mass is 10.2. The van der Waals surface area contributed by atoms with Crippen molar-refractivity contribution in [3.05, 3.63) is 23.9 Å². The van der Waals surface area contributed by atoms with Crippen LogP contribution < -0.4 is 4.72 Å². The average molecular weight is 268 g/mol. The fourth-order valence-corrected chi connectivity index (χ4v) is 2.33. The highest BCUT2D eigenvalue weighted by Crippen LogP contribution is 2.08. The third-order valence-corrected chi connectivity index (χ3v) is 3.43. The molecule has 98 valence electrons. The average Bonchev–Trinajstić information content (AvgIpc) is 2.29. The van der Waals surface area contributed by atoms with E-state index in [-0.39, 0.29) is 18.2 Å². The first kappa shape index (κ1) is 14.5. The summed E-state index contributed by atoms with van der Waals surface area (Å²) in [5, 5.41) is 8.60. The molecule has 0 radical (unpaired) electrons. The largest absolute Gasteiger partial charge is 0.395 e. The van der Waals surface area contributed by atoms with E-state index in [0.29, 0.717) is 18.4 Å². The third-order valence-electron chi connectivity index (χ3n) is 1.96. The highest BCUT2D eigenvalue weighted by Gasteiger charge is 2.09. The second-order valence-corrected chi connectivity index (χ2v) is 5.47. The van der Waals surface area contributed by atoms with E-state index in [4.69, 9.17) is 5.11 Å². The molecule has 0 fully saturated rings. The van der Waals surface area contributed by atoms with E-state index in [9.17, 15) is 8.42 Å². The van der Waals surface area contributed by atoms with Gasteiger partial charge in [-0.1, -0.05) is 18.8 Å². The molecule has 18 heavy (non-hydrogen) atoms. The molecule has 0 saturated carbocycles. The van der Waals surface area contributed by atoms with Crippen LogP contribution in [-0.4, -0.2) is 30.9 Å². The van der Waals surface area contributed by atoms with Gasteiger partial charge in [0.2, 0.25) is 10.0 Å². The number of nitrogens with zero attached hydrogens (tertiary/aromatic N) is 1. The van der Waals surface area contributed by atoms with Crippen LogP contribution in [0.2, 0.25) is 0 Å². The number of nitrogens with one attached hydrogen (secondary N) is 1. The Balaban J connectivity index is 2.81. The van der Waals surface area contributed by atoms with Crippen molar-refractivity contribution in [3.8, 4) is 11.8 Å². The van der Waals surface area contributed by atoms with Crippen molar-refractivity contribution in [2.75, 3.05) is 17.1 Å². The minimum absolute atomic E-state index is 0.00801. The summed E-state index contributed by atoms with van der Waals surface area (Å²) in [4.78, 5) is 3.93. The van der Waals surface area contributed by atoms with Crippen LogP contribution in [0.15, 0.2) is 18.3 Å². The summed E-state index contributed by atoms with van der Waals surface area (Å²) in [5.74, 6) is 5.91. The first-order chi connectivity index (χ1) is 8.57. The standard InChI is InChI=1S/C12H16N2O3S/c1-2-9-18(16,17)14-12-10-11(6-7-13-12)5-3-4-8-15/h6-7,10,15H,2,4,8-9H2,1H3,(H,13,14). The molecular weight excluding hydrogens is 252 g/mol. The molecule has 2 N–H and O–H groups in total. The fraction of sp³-hybridized carbons (Fsp3) is 0.417. The summed E-state index contributed by atoms with van der Waals surface area (Å²) >= 11 is 0. The molecule has 1 rings (SSSR count). The molecule has 0 aliphatic rings. The number of aliphatic hydroxyl groups is 1. The van der Waals surface area contributed by atoms with Gasteiger partial charge in [0.25, 0.3) is 0 Å². The molecule has 0 bridgehead atoms. The van der Waals surface area contributed by atoms with Gasteiger partial charge in [-0.05, 0) is 18.6 Å². The van der Waals surface area contributed by atoms with E-state index >= 15 is 0 Å². The van der Waals surface area contributed by atoms with Gasteiger partial charge in [-0.15, -0.1) is 0 Å². The van der Waals surface area contributed by atoms with Gasteiger partial charge in [-0.25, -0.2) is 13.4 Å².